The van der Waals surface area contributed by atoms with Gasteiger partial charge in [0.25, 0.3) is 0 Å². The van der Waals surface area contributed by atoms with Gasteiger partial charge in [-0.15, -0.1) is 0 Å². The first-order chi connectivity index (χ1) is 16.0. The number of ether oxygens (including phenoxy) is 2. The van der Waals surface area contributed by atoms with Crippen LogP contribution in [-0.4, -0.2) is 43.2 Å². The van der Waals surface area contributed by atoms with Crippen molar-refractivity contribution in [3.63, 3.8) is 0 Å². The molecule has 3 aromatic rings. The number of amides is 1. The largest absolute Gasteiger partial charge is 0.492 e. The van der Waals surface area contributed by atoms with Crippen LogP contribution in [-0.2, 0) is 14.8 Å². The molecule has 4 N–H and O–H groups in total. The fourth-order valence-electron chi connectivity index (χ4n) is 2.79. The molecule has 0 atom stereocenters. The predicted octanol–water partition coefficient (Wildman–Crippen LogP) is 3.44. The highest BCUT2D eigenvalue weighted by Crippen LogP contribution is 2.23. The number of hydrogen-bond acceptors (Lipinski definition) is 8. The third-order valence-electron chi connectivity index (χ3n) is 4.28. The summed E-state index contributed by atoms with van der Waals surface area (Å²) in [7, 11) is -3.75. The number of primary sulfonamides is 1. The summed E-state index contributed by atoms with van der Waals surface area (Å²) in [6.07, 6.45) is 1.14. The molecule has 0 aliphatic heterocycles. The predicted molar refractivity (Wildman–Crippen MR) is 128 cm³/mol. The van der Waals surface area contributed by atoms with Gasteiger partial charge in [-0.2, -0.15) is 0 Å². The lowest BCUT2D eigenvalue weighted by molar-refractivity contribution is 0.0520. The van der Waals surface area contributed by atoms with Gasteiger partial charge < -0.3 is 20.1 Å². The first-order valence-corrected chi connectivity index (χ1v) is 12.0. The second-order valence-electron chi connectivity index (χ2n) is 8.26. The van der Waals surface area contributed by atoms with Crippen LogP contribution in [0.15, 0.2) is 65.7 Å². The number of alkyl carbamates (subject to hydrolysis) is 1. The summed E-state index contributed by atoms with van der Waals surface area (Å²) in [4.78, 5) is 20.4. The lowest BCUT2D eigenvalue weighted by Crippen LogP contribution is -2.34. The first kappa shape index (κ1) is 24.9. The van der Waals surface area contributed by atoms with Crippen LogP contribution in [0.4, 0.5) is 16.4 Å². The van der Waals surface area contributed by atoms with E-state index in [0.29, 0.717) is 36.2 Å². The molecule has 11 heteroatoms. The Morgan fingerprint density at radius 2 is 1.71 bits per heavy atom. The number of carbonyl (C=O) groups is 1. The van der Waals surface area contributed by atoms with E-state index in [-0.39, 0.29) is 4.90 Å². The Morgan fingerprint density at radius 3 is 2.32 bits per heavy atom. The standard InChI is InChI=1S/C23H27N5O5S/c1-23(2,3)33-22(29)26-14-15-32-18-8-4-16(5-9-18)20-12-13-25-21(28-20)27-17-6-10-19(11-7-17)34(24,30)31/h4-13H,14-15H2,1-3H3,(H,26,29)(H2,24,30,31)(H,25,27,28). The molecule has 1 aromatic heterocycles. The molecule has 10 nitrogen and oxygen atoms in total. The Labute approximate surface area is 198 Å². The van der Waals surface area contributed by atoms with Crippen LogP contribution in [0.5, 0.6) is 5.75 Å². The SMILES string of the molecule is CC(C)(C)OC(=O)NCCOc1ccc(-c2ccnc(Nc3ccc(S(N)(=O)=O)cc3)n2)cc1. The zero-order valence-corrected chi connectivity index (χ0v) is 19.9. The molecule has 2 aromatic carbocycles. The van der Waals surface area contributed by atoms with Crippen LogP contribution in [0.2, 0.25) is 0 Å². The van der Waals surface area contributed by atoms with Crippen molar-refractivity contribution in [2.24, 2.45) is 5.14 Å². The van der Waals surface area contributed by atoms with Crippen LogP contribution < -0.4 is 20.5 Å². The molecule has 0 unspecified atom stereocenters. The van der Waals surface area contributed by atoms with E-state index in [1.807, 2.05) is 24.3 Å². The Morgan fingerprint density at radius 1 is 1.03 bits per heavy atom. The number of rotatable bonds is 8. The summed E-state index contributed by atoms with van der Waals surface area (Å²) >= 11 is 0. The van der Waals surface area contributed by atoms with E-state index < -0.39 is 21.7 Å². The summed E-state index contributed by atoms with van der Waals surface area (Å²) in [6.45, 7) is 6.01. The maximum absolute atomic E-state index is 11.6. The molecule has 3 rings (SSSR count). The minimum atomic E-state index is -3.75. The third kappa shape index (κ3) is 7.71. The second-order valence-corrected chi connectivity index (χ2v) is 9.82. The number of nitrogens with one attached hydrogen (secondary N) is 2. The van der Waals surface area contributed by atoms with E-state index in [0.717, 1.165) is 5.56 Å². The monoisotopic (exact) mass is 485 g/mol. The molecular formula is C23H27N5O5S. The van der Waals surface area contributed by atoms with E-state index in [9.17, 15) is 13.2 Å². The molecule has 0 aliphatic rings. The highest BCUT2D eigenvalue weighted by Gasteiger charge is 2.15. The first-order valence-electron chi connectivity index (χ1n) is 10.4. The van der Waals surface area contributed by atoms with E-state index in [4.69, 9.17) is 14.6 Å². The van der Waals surface area contributed by atoms with Gasteiger partial charge in [0.15, 0.2) is 0 Å². The normalized spacial score (nSPS) is 11.5. The van der Waals surface area contributed by atoms with E-state index in [1.54, 1.807) is 45.2 Å². The fourth-order valence-corrected chi connectivity index (χ4v) is 3.31. The lowest BCUT2D eigenvalue weighted by atomic mass is 10.1. The van der Waals surface area contributed by atoms with Crippen molar-refractivity contribution in [1.29, 1.82) is 0 Å². The van der Waals surface area contributed by atoms with Gasteiger partial charge in [-0.1, -0.05) is 0 Å². The Hall–Kier alpha value is -3.70. The molecule has 34 heavy (non-hydrogen) atoms. The number of carbonyl (C=O) groups excluding carboxylic acids is 1. The van der Waals surface area contributed by atoms with Crippen LogP contribution in [0, 0.1) is 0 Å². The minimum Gasteiger partial charge on any atom is -0.492 e. The summed E-state index contributed by atoms with van der Waals surface area (Å²) in [5.74, 6) is 1.01. The number of benzene rings is 2. The summed E-state index contributed by atoms with van der Waals surface area (Å²) in [6, 6.07) is 15.1. The highest BCUT2D eigenvalue weighted by atomic mass is 32.2. The van der Waals surface area contributed by atoms with Gasteiger partial charge in [-0.05, 0) is 75.4 Å². The van der Waals surface area contributed by atoms with Gasteiger partial charge in [0.05, 0.1) is 17.1 Å². The van der Waals surface area contributed by atoms with Crippen molar-refractivity contribution in [3.05, 3.63) is 60.8 Å². The average molecular weight is 486 g/mol. The van der Waals surface area contributed by atoms with E-state index in [1.165, 1.54) is 12.1 Å². The summed E-state index contributed by atoms with van der Waals surface area (Å²) in [5, 5.41) is 10.8. The van der Waals surface area contributed by atoms with E-state index >= 15 is 0 Å². The molecule has 1 heterocycles. The number of anilines is 2. The van der Waals surface area contributed by atoms with Crippen molar-refractivity contribution in [1.82, 2.24) is 15.3 Å². The zero-order chi connectivity index (χ0) is 24.8. The summed E-state index contributed by atoms with van der Waals surface area (Å²) in [5.41, 5.74) is 1.62. The molecule has 0 radical (unpaired) electrons. The molecule has 1 amide bonds. The second kappa shape index (κ2) is 10.5. The number of aromatic nitrogens is 2. The molecule has 0 fully saturated rings. The van der Waals surface area contributed by atoms with Gasteiger partial charge in [0.1, 0.15) is 18.0 Å². The highest BCUT2D eigenvalue weighted by molar-refractivity contribution is 7.89. The number of hydrogen-bond donors (Lipinski definition) is 3. The Balaban J connectivity index is 1.55. The molecular weight excluding hydrogens is 458 g/mol. The number of nitrogens with two attached hydrogens (primary N) is 1. The van der Waals surface area contributed by atoms with E-state index in [2.05, 4.69) is 20.6 Å². The van der Waals surface area contributed by atoms with Crippen molar-refractivity contribution in [2.75, 3.05) is 18.5 Å². The van der Waals surface area contributed by atoms with Crippen molar-refractivity contribution in [2.45, 2.75) is 31.3 Å². The molecule has 0 bridgehead atoms. The van der Waals surface area contributed by atoms with Gasteiger partial charge in [-0.25, -0.2) is 28.3 Å². The average Bonchev–Trinajstić information content (AvgIpc) is 2.76. The third-order valence-corrected chi connectivity index (χ3v) is 5.21. The molecule has 180 valence electrons. The van der Waals surface area contributed by atoms with Gasteiger partial charge in [-0.3, -0.25) is 0 Å². The van der Waals surface area contributed by atoms with Crippen molar-refractivity contribution in [3.8, 4) is 17.0 Å². The molecule has 0 spiro atoms. The van der Waals surface area contributed by atoms with Crippen LogP contribution >= 0.6 is 0 Å². The van der Waals surface area contributed by atoms with Crippen LogP contribution in [0.1, 0.15) is 20.8 Å². The quantitative estimate of drug-likeness (QED) is 0.411. The van der Waals surface area contributed by atoms with Gasteiger partial charge >= 0.3 is 6.09 Å². The molecule has 0 saturated heterocycles. The van der Waals surface area contributed by atoms with Crippen LogP contribution in [0.25, 0.3) is 11.3 Å². The fraction of sp³-hybridized carbons (Fsp3) is 0.261. The van der Waals surface area contributed by atoms with Gasteiger partial charge in [0, 0.05) is 17.4 Å². The number of sulfonamides is 1. The Kier molecular flexibility index (Phi) is 7.69. The van der Waals surface area contributed by atoms with Crippen LogP contribution in [0.3, 0.4) is 0 Å². The molecule has 0 aliphatic carbocycles. The zero-order valence-electron chi connectivity index (χ0n) is 19.1. The number of nitrogens with zero attached hydrogens (tertiary/aromatic N) is 2. The maximum Gasteiger partial charge on any atom is 0.407 e. The minimum absolute atomic E-state index is 0.0237. The maximum atomic E-state index is 11.6. The molecule has 0 saturated carbocycles. The van der Waals surface area contributed by atoms with Crippen molar-refractivity contribution < 1.29 is 22.7 Å². The summed E-state index contributed by atoms with van der Waals surface area (Å²) < 4.78 is 33.6. The smallest absolute Gasteiger partial charge is 0.407 e. The Bertz CT molecular complexity index is 1220. The van der Waals surface area contributed by atoms with Gasteiger partial charge in [0.2, 0.25) is 16.0 Å². The lowest BCUT2D eigenvalue weighted by Gasteiger charge is -2.19. The van der Waals surface area contributed by atoms with Crippen molar-refractivity contribution >= 4 is 27.8 Å². The topological polar surface area (TPSA) is 146 Å².